The number of aromatic hydroxyl groups is 1. The first kappa shape index (κ1) is 40.4. The normalized spacial score (nSPS) is 24.3. The number of nitrogens with one attached hydrogen (secondary N) is 2. The van der Waals surface area contributed by atoms with Crippen LogP contribution < -0.4 is 15.6 Å². The number of phenols is 1. The molecule has 5 aromatic carbocycles. The zero-order valence-electron chi connectivity index (χ0n) is 32.8. The molecule has 316 valence electrons. The second kappa shape index (κ2) is 15.0. The first-order chi connectivity index (χ1) is 30.3. The highest BCUT2D eigenvalue weighted by Gasteiger charge is 2.70. The number of carbonyl (C=O) groups excluding carboxylic acids is 4. The summed E-state index contributed by atoms with van der Waals surface area (Å²) in [5.41, 5.74) is 3.42. The summed E-state index contributed by atoms with van der Waals surface area (Å²) in [5.74, 6) is -7.29. The van der Waals surface area contributed by atoms with E-state index in [1.165, 1.54) is 11.0 Å². The van der Waals surface area contributed by atoms with Gasteiger partial charge in [-0.1, -0.05) is 95.5 Å². The van der Waals surface area contributed by atoms with E-state index in [-0.39, 0.29) is 30.3 Å². The zero-order chi connectivity index (χ0) is 43.9. The second-order valence-corrected chi connectivity index (χ2v) is 17.0. The fraction of sp³-hybridized carbons (Fsp3) is 0.188. The molecule has 1 aromatic heterocycles. The van der Waals surface area contributed by atoms with Crippen molar-refractivity contribution in [1.29, 1.82) is 0 Å². The summed E-state index contributed by atoms with van der Waals surface area (Å²) in [6.07, 6.45) is -2.19. The number of hydrazine groups is 1. The molecule has 1 saturated carbocycles. The Kier molecular flexibility index (Phi) is 9.61. The molecule has 0 spiro atoms. The van der Waals surface area contributed by atoms with E-state index in [1.54, 1.807) is 78.9 Å². The lowest BCUT2D eigenvalue weighted by molar-refractivity contribution is -0.139. The van der Waals surface area contributed by atoms with Crippen molar-refractivity contribution in [2.75, 3.05) is 15.6 Å². The van der Waals surface area contributed by atoms with Crippen LogP contribution in [0.25, 0.3) is 10.8 Å². The molecule has 4 amide bonds. The van der Waals surface area contributed by atoms with Gasteiger partial charge in [-0.25, -0.2) is 4.98 Å². The number of para-hydroxylation sites is 1. The Morgan fingerprint density at radius 1 is 0.762 bits per heavy atom. The summed E-state index contributed by atoms with van der Waals surface area (Å²) in [7, 11) is 0. The lowest BCUT2D eigenvalue weighted by atomic mass is 9.49. The fourth-order valence-corrected chi connectivity index (χ4v) is 10.7. The quantitative estimate of drug-likeness (QED) is 0.107. The molecule has 10 rings (SSSR count). The van der Waals surface area contributed by atoms with Gasteiger partial charge in [0.1, 0.15) is 5.75 Å². The monoisotopic (exact) mass is 887 g/mol. The number of hydrogen-bond donors (Lipinski definition) is 3. The number of pyridine rings is 1. The molecule has 3 heterocycles. The zero-order valence-corrected chi connectivity index (χ0v) is 34.3. The number of fused-ring (bicyclic) bond motifs is 5. The molecular formula is C48H34Cl2F3N5O5. The molecule has 63 heavy (non-hydrogen) atoms. The van der Waals surface area contributed by atoms with E-state index >= 15 is 9.59 Å². The van der Waals surface area contributed by atoms with E-state index in [2.05, 4.69) is 15.7 Å². The molecule has 2 saturated heterocycles. The number of amides is 4. The Hall–Kier alpha value is -6.70. The molecular weight excluding hydrogens is 854 g/mol. The summed E-state index contributed by atoms with van der Waals surface area (Å²) < 4.78 is 40.9. The lowest BCUT2D eigenvalue weighted by Crippen LogP contribution is -2.53. The lowest BCUT2D eigenvalue weighted by Gasteiger charge is -2.51. The van der Waals surface area contributed by atoms with Crippen molar-refractivity contribution >= 4 is 80.5 Å². The number of nitrogens with zero attached hydrogens (tertiary/aromatic N) is 3. The van der Waals surface area contributed by atoms with Crippen LogP contribution in [-0.2, 0) is 30.8 Å². The van der Waals surface area contributed by atoms with E-state index in [0.717, 1.165) is 16.4 Å². The molecule has 4 aliphatic rings. The first-order valence-electron chi connectivity index (χ1n) is 20.1. The number of aromatic nitrogens is 1. The maximum absolute atomic E-state index is 15.6. The number of alkyl halides is 3. The van der Waals surface area contributed by atoms with Gasteiger partial charge in [0.25, 0.3) is 11.8 Å². The number of halogens is 5. The van der Waals surface area contributed by atoms with Gasteiger partial charge in [0.05, 0.1) is 39.4 Å². The van der Waals surface area contributed by atoms with Gasteiger partial charge in [-0.15, -0.1) is 0 Å². The van der Waals surface area contributed by atoms with Gasteiger partial charge >= 0.3 is 6.18 Å². The van der Waals surface area contributed by atoms with Crippen molar-refractivity contribution in [2.45, 2.75) is 30.4 Å². The summed E-state index contributed by atoms with van der Waals surface area (Å²) in [5, 5.41) is 16.1. The average molecular weight is 889 g/mol. The van der Waals surface area contributed by atoms with Crippen molar-refractivity contribution in [2.24, 2.45) is 23.7 Å². The molecule has 2 aliphatic carbocycles. The summed E-state index contributed by atoms with van der Waals surface area (Å²) >= 11 is 12.8. The van der Waals surface area contributed by atoms with E-state index in [4.69, 9.17) is 23.2 Å². The third kappa shape index (κ3) is 6.35. The Bertz CT molecular complexity index is 2910. The van der Waals surface area contributed by atoms with E-state index in [0.29, 0.717) is 50.4 Å². The van der Waals surface area contributed by atoms with Crippen LogP contribution in [0.2, 0.25) is 10.0 Å². The number of hydrogen-bond acceptors (Lipinski definition) is 8. The van der Waals surface area contributed by atoms with Crippen molar-refractivity contribution < 1.29 is 37.5 Å². The number of carbonyl (C=O) groups is 4. The molecule has 6 atom stereocenters. The molecule has 3 N–H and O–H groups in total. The minimum atomic E-state index is -4.76. The number of allylic oxidation sites excluding steroid dienone is 2. The molecule has 6 aromatic rings. The molecule has 2 aliphatic heterocycles. The van der Waals surface area contributed by atoms with Gasteiger partial charge in [-0.3, -0.25) is 29.5 Å². The summed E-state index contributed by atoms with van der Waals surface area (Å²) in [4.78, 5) is 65.1. The topological polar surface area (TPSA) is 132 Å². The van der Waals surface area contributed by atoms with Crippen molar-refractivity contribution in [1.82, 2.24) is 9.99 Å². The van der Waals surface area contributed by atoms with Gasteiger partial charge in [0, 0.05) is 33.9 Å². The maximum Gasteiger partial charge on any atom is 0.417 e. The minimum absolute atomic E-state index is 0.0196. The van der Waals surface area contributed by atoms with Crippen LogP contribution in [-0.4, -0.2) is 38.7 Å². The second-order valence-electron chi connectivity index (χ2n) is 16.2. The summed E-state index contributed by atoms with van der Waals surface area (Å²) in [6.45, 7) is 0. The standard InChI is InChI=1S/C48H34Cl2F3N5O5/c49-27-12-10-25(11-13-27)47-37(44(61)58(46(47)63)56-42-38(50)22-26(24-54-42)48(51,52)53)23-36-34(41(47)33-20-21-39(59)32-9-5-4-8-31(32)33)18-19-35-40(36)45(62)57(43(35)60)30-16-14-29(15-17-30)55-28-6-2-1-3-7-28/h1-18,20-22,24,35-37,40-41,55,59H,19,23H2,(H,54,56). The Morgan fingerprint density at radius 3 is 2.14 bits per heavy atom. The van der Waals surface area contributed by atoms with E-state index in [9.17, 15) is 27.9 Å². The van der Waals surface area contributed by atoms with Crippen molar-refractivity contribution in [3.63, 3.8) is 0 Å². The smallest absolute Gasteiger partial charge is 0.417 e. The summed E-state index contributed by atoms with van der Waals surface area (Å²) in [6, 6.07) is 34.0. The van der Waals surface area contributed by atoms with Crippen LogP contribution in [0.1, 0.15) is 35.4 Å². The molecule has 3 fully saturated rings. The molecule has 0 bridgehead atoms. The van der Waals surface area contributed by atoms with Crippen LogP contribution >= 0.6 is 23.2 Å². The van der Waals surface area contributed by atoms with Crippen LogP contribution in [0.4, 0.5) is 36.1 Å². The molecule has 15 heteroatoms. The van der Waals surface area contributed by atoms with Gasteiger partial charge in [0.15, 0.2) is 5.82 Å². The van der Waals surface area contributed by atoms with Crippen LogP contribution in [0.5, 0.6) is 5.75 Å². The third-order valence-electron chi connectivity index (χ3n) is 13.0. The molecule has 0 radical (unpaired) electrons. The number of imide groups is 2. The highest BCUT2D eigenvalue weighted by molar-refractivity contribution is 6.33. The largest absolute Gasteiger partial charge is 0.507 e. The van der Waals surface area contributed by atoms with E-state index in [1.807, 2.05) is 36.4 Å². The average Bonchev–Trinajstić information content (AvgIpc) is 3.65. The van der Waals surface area contributed by atoms with Crippen LogP contribution in [0, 0.1) is 23.7 Å². The maximum atomic E-state index is 15.6. The predicted molar refractivity (Wildman–Crippen MR) is 231 cm³/mol. The van der Waals surface area contributed by atoms with Gasteiger partial charge < -0.3 is 10.4 Å². The highest BCUT2D eigenvalue weighted by Crippen LogP contribution is 2.65. The first-order valence-corrected chi connectivity index (χ1v) is 20.9. The SMILES string of the molecule is O=C1C2CC3C(=CCC4C(=O)N(c5ccc(Nc6ccccc6)cc5)C(=O)C43)C(c3ccc(O)c4ccccc34)C2(c2ccc(Cl)cc2)C(=O)N1Nc1ncc(C(F)(F)F)cc1Cl. The van der Waals surface area contributed by atoms with Crippen molar-refractivity contribution in [3.05, 3.63) is 166 Å². The van der Waals surface area contributed by atoms with Gasteiger partial charge in [-0.2, -0.15) is 18.2 Å². The molecule has 6 unspecified atom stereocenters. The van der Waals surface area contributed by atoms with Crippen LogP contribution in [0.15, 0.2) is 139 Å². The molecule has 10 nitrogen and oxygen atoms in total. The number of rotatable bonds is 7. The number of benzene rings is 5. The Balaban J connectivity index is 1.12. The Labute approximate surface area is 367 Å². The predicted octanol–water partition coefficient (Wildman–Crippen LogP) is 10.2. The van der Waals surface area contributed by atoms with Gasteiger partial charge in [0.2, 0.25) is 11.8 Å². The number of phenolic OH excluding ortho intramolecular Hbond substituents is 1. The number of anilines is 4. The third-order valence-corrected chi connectivity index (χ3v) is 13.5. The fourth-order valence-electron chi connectivity index (χ4n) is 10.3. The highest BCUT2D eigenvalue weighted by atomic mass is 35.5. The van der Waals surface area contributed by atoms with Gasteiger partial charge in [-0.05, 0) is 95.9 Å². The Morgan fingerprint density at radius 2 is 1.44 bits per heavy atom. The van der Waals surface area contributed by atoms with Crippen LogP contribution in [0.3, 0.4) is 0 Å². The van der Waals surface area contributed by atoms with Crippen molar-refractivity contribution in [3.8, 4) is 5.75 Å². The van der Waals surface area contributed by atoms with E-state index < -0.39 is 69.5 Å². The minimum Gasteiger partial charge on any atom is -0.507 e.